The minimum Gasteiger partial charge on any atom is -0.480 e. The fraction of sp³-hybridized carbons (Fsp3) is 0.375. The maximum absolute atomic E-state index is 13.1. The molecule has 0 saturated heterocycles. The molecule has 2 heterocycles. The van der Waals surface area contributed by atoms with Crippen molar-refractivity contribution in [1.29, 1.82) is 0 Å². The van der Waals surface area contributed by atoms with Crippen LogP contribution in [0.5, 0.6) is 0 Å². The summed E-state index contributed by atoms with van der Waals surface area (Å²) < 4.78 is 0. The summed E-state index contributed by atoms with van der Waals surface area (Å²) in [6, 6.07) is 4.39. The number of carbonyl (C=O) groups excluding carboxylic acids is 3. The average molecular weight is 498 g/mol. The van der Waals surface area contributed by atoms with Gasteiger partial charge in [0.25, 0.3) is 0 Å². The van der Waals surface area contributed by atoms with Crippen molar-refractivity contribution in [2.24, 2.45) is 11.7 Å². The van der Waals surface area contributed by atoms with Crippen LogP contribution in [0.1, 0.15) is 25.1 Å². The highest BCUT2D eigenvalue weighted by atomic mass is 16.4. The number of nitrogens with two attached hydrogens (primary N) is 1. The molecule has 12 nitrogen and oxygen atoms in total. The van der Waals surface area contributed by atoms with E-state index in [4.69, 9.17) is 5.73 Å². The summed E-state index contributed by atoms with van der Waals surface area (Å²) in [4.78, 5) is 59.5. The molecule has 0 spiro atoms. The van der Waals surface area contributed by atoms with E-state index >= 15 is 0 Å². The summed E-state index contributed by atoms with van der Waals surface area (Å²) in [6.07, 6.45) is 5.09. The summed E-state index contributed by atoms with van der Waals surface area (Å²) >= 11 is 0. The lowest BCUT2D eigenvalue weighted by atomic mass is 10.0. The number of carbonyl (C=O) groups is 4. The van der Waals surface area contributed by atoms with E-state index in [1.54, 1.807) is 26.2 Å². The number of H-pyrrole nitrogens is 2. The Morgan fingerprint density at radius 1 is 1.06 bits per heavy atom. The molecule has 12 heteroatoms. The van der Waals surface area contributed by atoms with Gasteiger partial charge in [-0.05, 0) is 17.5 Å². The third-order valence-corrected chi connectivity index (χ3v) is 5.74. The van der Waals surface area contributed by atoms with Gasteiger partial charge in [0, 0.05) is 41.8 Å². The molecule has 0 fully saturated rings. The van der Waals surface area contributed by atoms with Crippen LogP contribution >= 0.6 is 0 Å². The molecular formula is C24H31N7O5. The Morgan fingerprint density at radius 3 is 2.47 bits per heavy atom. The van der Waals surface area contributed by atoms with E-state index in [0.29, 0.717) is 5.69 Å². The van der Waals surface area contributed by atoms with Crippen LogP contribution in [-0.2, 0) is 32.0 Å². The van der Waals surface area contributed by atoms with Gasteiger partial charge in [-0.2, -0.15) is 0 Å². The van der Waals surface area contributed by atoms with Crippen LogP contribution in [0.4, 0.5) is 0 Å². The molecule has 0 aliphatic rings. The highest BCUT2D eigenvalue weighted by Gasteiger charge is 2.29. The summed E-state index contributed by atoms with van der Waals surface area (Å²) in [5.41, 5.74) is 8.20. The molecule has 192 valence electrons. The fourth-order valence-corrected chi connectivity index (χ4v) is 3.77. The summed E-state index contributed by atoms with van der Waals surface area (Å²) in [7, 11) is 0. The molecule has 1 aromatic carbocycles. The molecule has 0 saturated carbocycles. The third-order valence-electron chi connectivity index (χ3n) is 5.74. The lowest BCUT2D eigenvalue weighted by molar-refractivity contribution is -0.143. The number of hydrogen-bond acceptors (Lipinski definition) is 6. The Bertz CT molecular complexity index is 1200. The number of imidazole rings is 1. The molecule has 0 aliphatic carbocycles. The molecule has 3 unspecified atom stereocenters. The van der Waals surface area contributed by atoms with Crippen molar-refractivity contribution in [3.63, 3.8) is 0 Å². The van der Waals surface area contributed by atoms with Crippen molar-refractivity contribution >= 4 is 34.6 Å². The maximum Gasteiger partial charge on any atom is 0.326 e. The molecule has 8 N–H and O–H groups in total. The zero-order valence-electron chi connectivity index (χ0n) is 20.1. The topological polar surface area (TPSA) is 195 Å². The van der Waals surface area contributed by atoms with Crippen molar-refractivity contribution in [2.45, 2.75) is 44.8 Å². The Balaban J connectivity index is 1.68. The Hall–Kier alpha value is -4.19. The van der Waals surface area contributed by atoms with E-state index in [1.165, 1.54) is 6.33 Å². The molecule has 3 atom stereocenters. The highest BCUT2D eigenvalue weighted by Crippen LogP contribution is 2.19. The lowest BCUT2D eigenvalue weighted by Crippen LogP contribution is -2.55. The number of fused-ring (bicyclic) bond motifs is 1. The maximum atomic E-state index is 13.1. The number of para-hydroxylation sites is 1. The molecule has 3 aromatic rings. The number of nitrogens with zero attached hydrogens (tertiary/aromatic N) is 1. The summed E-state index contributed by atoms with van der Waals surface area (Å²) in [5.74, 6) is -3.34. The first-order valence-electron chi connectivity index (χ1n) is 11.5. The standard InChI is InChI=1S/C24H31N7O5/c1-13(2)21(24(35)36)31-23(34)19(7-14-9-27-18-6-4-3-5-16(14)18)30-20(32)11-28-22(33)17(25)8-15-10-26-12-29-15/h3-6,9-10,12-13,17,19,21,27H,7-8,11,25H2,1-2H3,(H,26,29)(H,28,33)(H,30,32)(H,31,34)(H,35,36). The van der Waals surface area contributed by atoms with Crippen molar-refractivity contribution in [3.05, 3.63) is 54.2 Å². The molecule has 3 rings (SSSR count). The van der Waals surface area contributed by atoms with Crippen LogP contribution in [0.25, 0.3) is 10.9 Å². The number of benzene rings is 1. The first-order chi connectivity index (χ1) is 17.2. The number of hydrogen-bond donors (Lipinski definition) is 7. The molecule has 2 aromatic heterocycles. The van der Waals surface area contributed by atoms with Gasteiger partial charge >= 0.3 is 5.97 Å². The Labute approximate surface area is 207 Å². The predicted molar refractivity (Wildman–Crippen MR) is 132 cm³/mol. The molecule has 3 amide bonds. The van der Waals surface area contributed by atoms with Gasteiger partial charge in [-0.15, -0.1) is 0 Å². The smallest absolute Gasteiger partial charge is 0.326 e. The van der Waals surface area contributed by atoms with Crippen LogP contribution in [0.2, 0.25) is 0 Å². The second kappa shape index (κ2) is 12.0. The number of carboxylic acids is 1. The van der Waals surface area contributed by atoms with Gasteiger partial charge < -0.3 is 36.8 Å². The molecule has 0 radical (unpaired) electrons. The number of aromatic amines is 2. The lowest BCUT2D eigenvalue weighted by Gasteiger charge is -2.23. The van der Waals surface area contributed by atoms with Crippen LogP contribution in [0, 0.1) is 5.92 Å². The van der Waals surface area contributed by atoms with Gasteiger partial charge in [0.05, 0.1) is 18.9 Å². The summed E-state index contributed by atoms with van der Waals surface area (Å²) in [6.45, 7) is 2.95. The predicted octanol–water partition coefficient (Wildman–Crippen LogP) is -0.170. The molecule has 36 heavy (non-hydrogen) atoms. The first kappa shape index (κ1) is 26.4. The number of aliphatic carboxylic acids is 1. The number of nitrogens with one attached hydrogen (secondary N) is 5. The van der Waals surface area contributed by atoms with Gasteiger partial charge in [-0.3, -0.25) is 14.4 Å². The van der Waals surface area contributed by atoms with E-state index in [0.717, 1.165) is 16.5 Å². The minimum absolute atomic E-state index is 0.110. The van der Waals surface area contributed by atoms with Crippen LogP contribution < -0.4 is 21.7 Å². The van der Waals surface area contributed by atoms with E-state index in [1.807, 2.05) is 24.3 Å². The van der Waals surface area contributed by atoms with Crippen molar-refractivity contribution in [2.75, 3.05) is 6.54 Å². The van der Waals surface area contributed by atoms with Gasteiger partial charge in [-0.1, -0.05) is 32.0 Å². The van der Waals surface area contributed by atoms with Crippen molar-refractivity contribution < 1.29 is 24.3 Å². The summed E-state index contributed by atoms with van der Waals surface area (Å²) in [5, 5.41) is 17.9. The fourth-order valence-electron chi connectivity index (χ4n) is 3.77. The van der Waals surface area contributed by atoms with Crippen molar-refractivity contribution in [3.8, 4) is 0 Å². The SMILES string of the molecule is CC(C)C(NC(=O)C(Cc1c[nH]c2ccccc12)NC(=O)CNC(=O)C(N)Cc1cnc[nH]1)C(=O)O. The first-order valence-corrected chi connectivity index (χ1v) is 11.5. The zero-order valence-corrected chi connectivity index (χ0v) is 20.1. The molecule has 0 aliphatic heterocycles. The van der Waals surface area contributed by atoms with Gasteiger partial charge in [0.15, 0.2) is 0 Å². The average Bonchev–Trinajstić information content (AvgIpc) is 3.50. The Kier molecular flexibility index (Phi) is 8.79. The quantitative estimate of drug-likeness (QED) is 0.180. The number of amides is 3. The van der Waals surface area contributed by atoms with Gasteiger partial charge in [0.1, 0.15) is 12.1 Å². The van der Waals surface area contributed by atoms with E-state index in [9.17, 15) is 24.3 Å². The number of aromatic nitrogens is 3. The zero-order chi connectivity index (χ0) is 26.2. The van der Waals surface area contributed by atoms with E-state index < -0.39 is 48.4 Å². The second-order valence-corrected chi connectivity index (χ2v) is 8.86. The normalized spacial score (nSPS) is 13.7. The van der Waals surface area contributed by atoms with Crippen molar-refractivity contribution in [1.82, 2.24) is 30.9 Å². The van der Waals surface area contributed by atoms with Gasteiger partial charge in [-0.25, -0.2) is 9.78 Å². The monoisotopic (exact) mass is 497 g/mol. The minimum atomic E-state index is -1.17. The van der Waals surface area contributed by atoms with E-state index in [2.05, 4.69) is 30.9 Å². The largest absolute Gasteiger partial charge is 0.480 e. The van der Waals surface area contributed by atoms with Crippen LogP contribution in [-0.4, -0.2) is 68.4 Å². The van der Waals surface area contributed by atoms with Gasteiger partial charge in [0.2, 0.25) is 17.7 Å². The third kappa shape index (κ3) is 6.92. The van der Waals surface area contributed by atoms with Crippen LogP contribution in [0.15, 0.2) is 43.0 Å². The van der Waals surface area contributed by atoms with Crippen LogP contribution in [0.3, 0.4) is 0 Å². The highest BCUT2D eigenvalue weighted by molar-refractivity contribution is 5.93. The number of rotatable bonds is 12. The number of carboxylic acid groups (broad SMARTS) is 1. The Morgan fingerprint density at radius 2 is 1.81 bits per heavy atom. The molecular weight excluding hydrogens is 466 g/mol. The molecule has 0 bridgehead atoms. The second-order valence-electron chi connectivity index (χ2n) is 8.86. The van der Waals surface area contributed by atoms with E-state index in [-0.39, 0.29) is 18.8 Å².